The summed E-state index contributed by atoms with van der Waals surface area (Å²) in [5, 5.41) is 23.0. The molecule has 1 heterocycles. The molecule has 86 valence electrons. The van der Waals surface area contributed by atoms with Crippen LogP contribution >= 0.6 is 0 Å². The molecule has 7 nitrogen and oxygen atoms in total. The second-order valence-electron chi connectivity index (χ2n) is 2.79. The minimum atomic E-state index is -0.979. The molecule has 1 atom stereocenters. The third-order valence-electron chi connectivity index (χ3n) is 1.74. The van der Waals surface area contributed by atoms with E-state index in [-0.39, 0.29) is 5.76 Å². The molecule has 1 N–H and O–H groups in total. The van der Waals surface area contributed by atoms with Crippen molar-refractivity contribution < 1.29 is 14.0 Å². The van der Waals surface area contributed by atoms with Crippen LogP contribution in [0.15, 0.2) is 28.0 Å². The summed E-state index contributed by atoms with van der Waals surface area (Å²) < 4.78 is 4.97. The molecule has 1 aromatic heterocycles. The number of carbonyl (C=O) groups excluding carboxylic acids is 1. The number of oxime groups is 1. The zero-order chi connectivity index (χ0) is 12.7. The Morgan fingerprint density at radius 3 is 2.88 bits per heavy atom. The predicted octanol–water partition coefficient (Wildman–Crippen LogP) is 0.486. The quantitative estimate of drug-likeness (QED) is 0.599. The highest BCUT2D eigenvalue weighted by molar-refractivity contribution is 6.45. The van der Waals surface area contributed by atoms with Crippen LogP contribution in [0.4, 0.5) is 0 Å². The molecular formula is C10H8N4O3. The standard InChI is InChI=1S/C10H8N4O3/c1-16-14-8(6-12)10(15)13-7(5-11)9-3-2-4-17-9/h2-4,7H,1H3,(H,13,15). The fraction of sp³-hybridized carbons (Fsp3) is 0.200. The second-order valence-corrected chi connectivity index (χ2v) is 2.79. The molecule has 0 fully saturated rings. The molecular weight excluding hydrogens is 224 g/mol. The molecule has 0 saturated heterocycles. The van der Waals surface area contributed by atoms with Gasteiger partial charge in [-0.2, -0.15) is 10.5 Å². The van der Waals surface area contributed by atoms with E-state index in [0.29, 0.717) is 0 Å². The van der Waals surface area contributed by atoms with E-state index in [1.165, 1.54) is 19.4 Å². The second kappa shape index (κ2) is 5.93. The van der Waals surface area contributed by atoms with Gasteiger partial charge in [-0.15, -0.1) is 0 Å². The van der Waals surface area contributed by atoms with Gasteiger partial charge in [0.1, 0.15) is 18.9 Å². The maximum Gasteiger partial charge on any atom is 0.285 e. The SMILES string of the molecule is CON=C(C#N)C(=O)NC(C#N)c1ccco1. The summed E-state index contributed by atoms with van der Waals surface area (Å²) in [6, 6.07) is 5.52. The number of hydrogen-bond donors (Lipinski definition) is 1. The van der Waals surface area contributed by atoms with Gasteiger partial charge in [-0.25, -0.2) is 0 Å². The molecule has 1 rings (SSSR count). The van der Waals surface area contributed by atoms with Crippen LogP contribution in [0.3, 0.4) is 0 Å². The fourth-order valence-corrected chi connectivity index (χ4v) is 1.03. The number of hydrogen-bond acceptors (Lipinski definition) is 6. The van der Waals surface area contributed by atoms with Crippen LogP contribution < -0.4 is 5.32 Å². The highest BCUT2D eigenvalue weighted by atomic mass is 16.6. The van der Waals surface area contributed by atoms with Crippen molar-refractivity contribution in [1.29, 1.82) is 10.5 Å². The normalized spacial score (nSPS) is 12.1. The van der Waals surface area contributed by atoms with E-state index in [0.717, 1.165) is 0 Å². The van der Waals surface area contributed by atoms with Crippen LogP contribution in [0.25, 0.3) is 0 Å². The molecule has 0 aliphatic heterocycles. The molecule has 0 bridgehead atoms. The van der Waals surface area contributed by atoms with Gasteiger partial charge in [0.25, 0.3) is 5.91 Å². The van der Waals surface area contributed by atoms with Crippen LogP contribution in [0, 0.1) is 22.7 Å². The molecule has 0 aromatic carbocycles. The Kier molecular flexibility index (Phi) is 4.28. The Labute approximate surface area is 96.9 Å². The van der Waals surface area contributed by atoms with Crippen molar-refractivity contribution in [3.63, 3.8) is 0 Å². The van der Waals surface area contributed by atoms with Gasteiger partial charge in [-0.3, -0.25) is 4.79 Å². The summed E-state index contributed by atoms with van der Waals surface area (Å²) in [4.78, 5) is 15.8. The molecule has 17 heavy (non-hydrogen) atoms. The third-order valence-corrected chi connectivity index (χ3v) is 1.74. The lowest BCUT2D eigenvalue weighted by atomic mass is 10.2. The Morgan fingerprint density at radius 1 is 1.65 bits per heavy atom. The van der Waals surface area contributed by atoms with Gasteiger partial charge >= 0.3 is 0 Å². The van der Waals surface area contributed by atoms with E-state index in [9.17, 15) is 4.79 Å². The first-order valence-electron chi connectivity index (χ1n) is 4.48. The molecule has 0 spiro atoms. The van der Waals surface area contributed by atoms with Crippen molar-refractivity contribution in [2.75, 3.05) is 7.11 Å². The number of nitrogens with one attached hydrogen (secondary N) is 1. The Bertz CT molecular complexity index is 493. The third kappa shape index (κ3) is 3.08. The maximum atomic E-state index is 11.5. The van der Waals surface area contributed by atoms with Gasteiger partial charge in [-0.1, -0.05) is 5.16 Å². The molecule has 7 heteroatoms. The number of carbonyl (C=O) groups is 1. The summed E-state index contributed by atoms with van der Waals surface area (Å²) in [5.74, 6) is -0.534. The summed E-state index contributed by atoms with van der Waals surface area (Å²) in [6.07, 6.45) is 1.38. The number of rotatable bonds is 4. The van der Waals surface area contributed by atoms with Gasteiger partial charge in [0.15, 0.2) is 6.04 Å². The first kappa shape index (κ1) is 12.3. The number of nitriles is 2. The van der Waals surface area contributed by atoms with Crippen LogP contribution in [0.5, 0.6) is 0 Å². The summed E-state index contributed by atoms with van der Waals surface area (Å²) >= 11 is 0. The lowest BCUT2D eigenvalue weighted by Gasteiger charge is -2.07. The zero-order valence-electron chi connectivity index (χ0n) is 8.88. The van der Waals surface area contributed by atoms with Crippen molar-refractivity contribution in [1.82, 2.24) is 5.32 Å². The Hall–Kier alpha value is -2.80. The molecule has 1 amide bonds. The minimum Gasteiger partial charge on any atom is -0.466 e. The molecule has 1 unspecified atom stereocenters. The zero-order valence-corrected chi connectivity index (χ0v) is 8.88. The van der Waals surface area contributed by atoms with E-state index < -0.39 is 17.7 Å². The van der Waals surface area contributed by atoms with Crippen molar-refractivity contribution in [3.05, 3.63) is 24.2 Å². The van der Waals surface area contributed by atoms with Gasteiger partial charge in [-0.05, 0) is 12.1 Å². The average molecular weight is 232 g/mol. The Morgan fingerprint density at radius 2 is 2.41 bits per heavy atom. The average Bonchev–Trinajstić information content (AvgIpc) is 2.86. The van der Waals surface area contributed by atoms with Crippen molar-refractivity contribution in [3.8, 4) is 12.1 Å². The van der Waals surface area contributed by atoms with Gasteiger partial charge in [0, 0.05) is 0 Å². The predicted molar refractivity (Wildman–Crippen MR) is 55.3 cm³/mol. The van der Waals surface area contributed by atoms with Crippen molar-refractivity contribution in [2.24, 2.45) is 5.16 Å². The Balaban J connectivity index is 2.78. The minimum absolute atomic E-state index is 0.274. The maximum absolute atomic E-state index is 11.5. The van der Waals surface area contributed by atoms with E-state index in [1.807, 2.05) is 6.07 Å². The molecule has 0 radical (unpaired) electrons. The summed E-state index contributed by atoms with van der Waals surface area (Å²) in [6.45, 7) is 0. The van der Waals surface area contributed by atoms with Gasteiger partial charge < -0.3 is 14.6 Å². The van der Waals surface area contributed by atoms with Crippen molar-refractivity contribution >= 4 is 11.6 Å². The van der Waals surface area contributed by atoms with E-state index in [2.05, 4.69) is 15.3 Å². The lowest BCUT2D eigenvalue weighted by Crippen LogP contribution is -2.33. The monoisotopic (exact) mass is 232 g/mol. The topological polar surface area (TPSA) is 111 Å². The number of amides is 1. The molecule has 0 saturated carbocycles. The highest BCUT2D eigenvalue weighted by Gasteiger charge is 2.20. The van der Waals surface area contributed by atoms with Crippen LogP contribution in [-0.4, -0.2) is 18.7 Å². The smallest absolute Gasteiger partial charge is 0.285 e. The highest BCUT2D eigenvalue weighted by Crippen LogP contribution is 2.11. The largest absolute Gasteiger partial charge is 0.466 e. The fourth-order valence-electron chi connectivity index (χ4n) is 1.03. The first-order chi connectivity index (χ1) is 8.22. The number of furan rings is 1. The van der Waals surface area contributed by atoms with Gasteiger partial charge in [0.2, 0.25) is 5.71 Å². The molecule has 1 aromatic rings. The lowest BCUT2D eigenvalue weighted by molar-refractivity contribution is -0.115. The van der Waals surface area contributed by atoms with Crippen molar-refractivity contribution in [2.45, 2.75) is 6.04 Å². The van der Waals surface area contributed by atoms with Gasteiger partial charge in [0.05, 0.1) is 12.3 Å². The summed E-state index contributed by atoms with van der Waals surface area (Å²) in [5.41, 5.74) is -0.473. The first-order valence-corrected chi connectivity index (χ1v) is 4.48. The van der Waals surface area contributed by atoms with Crippen LogP contribution in [0.2, 0.25) is 0 Å². The number of nitrogens with zero attached hydrogens (tertiary/aromatic N) is 3. The van der Waals surface area contributed by atoms with E-state index >= 15 is 0 Å². The van der Waals surface area contributed by atoms with E-state index in [1.54, 1.807) is 12.1 Å². The van der Waals surface area contributed by atoms with Crippen LogP contribution in [0.1, 0.15) is 11.8 Å². The van der Waals surface area contributed by atoms with Crippen LogP contribution in [-0.2, 0) is 9.63 Å². The summed E-state index contributed by atoms with van der Waals surface area (Å²) in [7, 11) is 1.21. The molecule has 0 aliphatic rings. The van der Waals surface area contributed by atoms with E-state index in [4.69, 9.17) is 14.9 Å². The molecule has 0 aliphatic carbocycles.